The molecule has 0 fully saturated rings. The Labute approximate surface area is 106 Å². The molecule has 0 unspecified atom stereocenters. The third-order valence-electron chi connectivity index (χ3n) is 2.61. The van der Waals surface area contributed by atoms with Gasteiger partial charge in [0, 0.05) is 0 Å². The second-order valence-electron chi connectivity index (χ2n) is 4.03. The minimum Gasteiger partial charge on any atom is -0.494 e. The highest BCUT2D eigenvalue weighted by Crippen LogP contribution is 2.24. The minimum absolute atomic E-state index is 0.234. The molecule has 0 amide bonds. The molecule has 0 aliphatic carbocycles. The standard InChI is InChI=1S/C15H16FNO/c16-14-6-1-4-12(10-14)13-5-2-7-15(11-13)18-9-3-8-17/h1-2,4-7,10-11H,3,8-9,17H2. The van der Waals surface area contributed by atoms with E-state index in [0.717, 1.165) is 23.3 Å². The van der Waals surface area contributed by atoms with Gasteiger partial charge in [-0.3, -0.25) is 0 Å². The topological polar surface area (TPSA) is 35.2 Å². The van der Waals surface area contributed by atoms with E-state index in [4.69, 9.17) is 10.5 Å². The Morgan fingerprint density at radius 3 is 2.44 bits per heavy atom. The first-order valence-electron chi connectivity index (χ1n) is 5.98. The largest absolute Gasteiger partial charge is 0.494 e. The monoisotopic (exact) mass is 245 g/mol. The first-order chi connectivity index (χ1) is 8.79. The van der Waals surface area contributed by atoms with Gasteiger partial charge in [-0.05, 0) is 48.4 Å². The van der Waals surface area contributed by atoms with Crippen LogP contribution in [-0.4, -0.2) is 13.2 Å². The third kappa shape index (κ3) is 3.31. The number of ether oxygens (including phenoxy) is 1. The van der Waals surface area contributed by atoms with Crippen molar-refractivity contribution in [3.8, 4) is 16.9 Å². The van der Waals surface area contributed by atoms with Gasteiger partial charge in [-0.1, -0.05) is 24.3 Å². The van der Waals surface area contributed by atoms with Gasteiger partial charge in [0.25, 0.3) is 0 Å². The number of hydrogen-bond donors (Lipinski definition) is 1. The summed E-state index contributed by atoms with van der Waals surface area (Å²) in [5.74, 6) is 0.548. The summed E-state index contributed by atoms with van der Waals surface area (Å²) >= 11 is 0. The second kappa shape index (κ2) is 6.17. The molecule has 0 radical (unpaired) electrons. The third-order valence-corrected chi connectivity index (χ3v) is 2.61. The Morgan fingerprint density at radius 2 is 1.72 bits per heavy atom. The zero-order valence-corrected chi connectivity index (χ0v) is 10.1. The van der Waals surface area contributed by atoms with Crippen molar-refractivity contribution < 1.29 is 9.13 Å². The minimum atomic E-state index is -0.234. The summed E-state index contributed by atoms with van der Waals surface area (Å²) in [4.78, 5) is 0. The van der Waals surface area contributed by atoms with Crippen molar-refractivity contribution >= 4 is 0 Å². The van der Waals surface area contributed by atoms with Gasteiger partial charge >= 0.3 is 0 Å². The molecule has 94 valence electrons. The molecular formula is C15H16FNO. The molecule has 18 heavy (non-hydrogen) atoms. The lowest BCUT2D eigenvalue weighted by molar-refractivity contribution is 0.313. The van der Waals surface area contributed by atoms with Crippen molar-refractivity contribution in [2.45, 2.75) is 6.42 Å². The van der Waals surface area contributed by atoms with E-state index >= 15 is 0 Å². The number of hydrogen-bond acceptors (Lipinski definition) is 2. The number of halogens is 1. The molecule has 0 heterocycles. The van der Waals surface area contributed by atoms with Crippen LogP contribution in [0.15, 0.2) is 48.5 Å². The fourth-order valence-electron chi connectivity index (χ4n) is 1.71. The van der Waals surface area contributed by atoms with Crippen LogP contribution < -0.4 is 10.5 Å². The molecular weight excluding hydrogens is 229 g/mol. The van der Waals surface area contributed by atoms with E-state index in [2.05, 4.69) is 0 Å². The molecule has 0 bridgehead atoms. The van der Waals surface area contributed by atoms with E-state index in [1.807, 2.05) is 30.3 Å². The van der Waals surface area contributed by atoms with Crippen molar-refractivity contribution in [2.24, 2.45) is 5.73 Å². The van der Waals surface area contributed by atoms with Crippen LogP contribution in [0.1, 0.15) is 6.42 Å². The molecule has 3 heteroatoms. The number of benzene rings is 2. The Hall–Kier alpha value is -1.87. The van der Waals surface area contributed by atoms with Gasteiger partial charge in [-0.25, -0.2) is 4.39 Å². The maximum absolute atomic E-state index is 13.2. The van der Waals surface area contributed by atoms with Crippen LogP contribution in [0.4, 0.5) is 4.39 Å². The predicted octanol–water partition coefficient (Wildman–Crippen LogP) is 3.22. The highest BCUT2D eigenvalue weighted by atomic mass is 19.1. The van der Waals surface area contributed by atoms with Crippen LogP contribution in [0.3, 0.4) is 0 Å². The maximum atomic E-state index is 13.2. The summed E-state index contributed by atoms with van der Waals surface area (Å²) < 4.78 is 18.7. The van der Waals surface area contributed by atoms with E-state index in [9.17, 15) is 4.39 Å². The van der Waals surface area contributed by atoms with Gasteiger partial charge in [-0.15, -0.1) is 0 Å². The Balaban J connectivity index is 2.16. The quantitative estimate of drug-likeness (QED) is 0.821. The summed E-state index contributed by atoms with van der Waals surface area (Å²) in [6, 6.07) is 14.2. The fraction of sp³-hybridized carbons (Fsp3) is 0.200. The lowest BCUT2D eigenvalue weighted by atomic mass is 10.1. The van der Waals surface area contributed by atoms with Crippen molar-refractivity contribution in [1.82, 2.24) is 0 Å². The Morgan fingerprint density at radius 1 is 1.00 bits per heavy atom. The second-order valence-corrected chi connectivity index (χ2v) is 4.03. The van der Waals surface area contributed by atoms with Crippen molar-refractivity contribution in [2.75, 3.05) is 13.2 Å². The molecule has 0 aliphatic rings. The molecule has 2 N–H and O–H groups in total. The van der Waals surface area contributed by atoms with Gasteiger partial charge in [0.2, 0.25) is 0 Å². The lowest BCUT2D eigenvalue weighted by Gasteiger charge is -2.07. The van der Waals surface area contributed by atoms with E-state index in [0.29, 0.717) is 13.2 Å². The Kier molecular flexibility index (Phi) is 4.31. The van der Waals surface area contributed by atoms with Gasteiger partial charge in [0.15, 0.2) is 0 Å². The summed E-state index contributed by atoms with van der Waals surface area (Å²) in [6.07, 6.45) is 0.824. The first kappa shape index (κ1) is 12.6. The van der Waals surface area contributed by atoms with E-state index < -0.39 is 0 Å². The van der Waals surface area contributed by atoms with Crippen LogP contribution in [0.5, 0.6) is 5.75 Å². The van der Waals surface area contributed by atoms with E-state index in [-0.39, 0.29) is 5.82 Å². The van der Waals surface area contributed by atoms with Crippen molar-refractivity contribution in [3.63, 3.8) is 0 Å². The first-order valence-corrected chi connectivity index (χ1v) is 5.98. The predicted molar refractivity (Wildman–Crippen MR) is 71.0 cm³/mol. The normalized spacial score (nSPS) is 10.3. The van der Waals surface area contributed by atoms with Crippen LogP contribution in [0.25, 0.3) is 11.1 Å². The lowest BCUT2D eigenvalue weighted by Crippen LogP contribution is -2.06. The van der Waals surface area contributed by atoms with Gasteiger partial charge < -0.3 is 10.5 Å². The summed E-state index contributed by atoms with van der Waals surface area (Å²) in [5, 5.41) is 0. The van der Waals surface area contributed by atoms with Crippen molar-refractivity contribution in [3.05, 3.63) is 54.3 Å². The molecule has 0 spiro atoms. The van der Waals surface area contributed by atoms with Gasteiger partial charge in [-0.2, -0.15) is 0 Å². The van der Waals surface area contributed by atoms with Crippen LogP contribution in [0.2, 0.25) is 0 Å². The summed E-state index contributed by atoms with van der Waals surface area (Å²) in [5.41, 5.74) is 7.20. The molecule has 2 aromatic rings. The molecule has 0 atom stereocenters. The average molecular weight is 245 g/mol. The fourth-order valence-corrected chi connectivity index (χ4v) is 1.71. The van der Waals surface area contributed by atoms with Crippen molar-refractivity contribution in [1.29, 1.82) is 0 Å². The van der Waals surface area contributed by atoms with Crippen LogP contribution in [-0.2, 0) is 0 Å². The van der Waals surface area contributed by atoms with Gasteiger partial charge in [0.05, 0.1) is 6.61 Å². The van der Waals surface area contributed by atoms with Gasteiger partial charge in [0.1, 0.15) is 11.6 Å². The highest BCUT2D eigenvalue weighted by Gasteiger charge is 2.01. The van der Waals surface area contributed by atoms with E-state index in [1.165, 1.54) is 12.1 Å². The molecule has 0 saturated heterocycles. The molecule has 0 aliphatic heterocycles. The molecule has 0 saturated carbocycles. The van der Waals surface area contributed by atoms with Crippen LogP contribution >= 0.6 is 0 Å². The number of nitrogens with two attached hydrogens (primary N) is 1. The zero-order valence-electron chi connectivity index (χ0n) is 10.1. The summed E-state index contributed by atoms with van der Waals surface area (Å²) in [7, 11) is 0. The summed E-state index contributed by atoms with van der Waals surface area (Å²) in [6.45, 7) is 1.21. The average Bonchev–Trinajstić information content (AvgIpc) is 2.39. The molecule has 2 nitrogen and oxygen atoms in total. The smallest absolute Gasteiger partial charge is 0.123 e. The number of rotatable bonds is 5. The SMILES string of the molecule is NCCCOc1cccc(-c2cccc(F)c2)c1. The molecule has 0 aromatic heterocycles. The Bertz CT molecular complexity index is 513. The highest BCUT2D eigenvalue weighted by molar-refractivity contribution is 5.64. The molecule has 2 rings (SSSR count). The van der Waals surface area contributed by atoms with Crippen LogP contribution in [0, 0.1) is 5.82 Å². The molecule has 2 aromatic carbocycles. The zero-order chi connectivity index (χ0) is 12.8. The van der Waals surface area contributed by atoms with E-state index in [1.54, 1.807) is 6.07 Å². The maximum Gasteiger partial charge on any atom is 0.123 e.